The second-order valence-electron chi connectivity index (χ2n) is 7.58. The minimum absolute atomic E-state index is 0.113. The average molecular weight is 402 g/mol. The minimum Gasteiger partial charge on any atom is -0.466 e. The van der Waals surface area contributed by atoms with Gasteiger partial charge in [-0.1, -0.05) is 12.1 Å². The van der Waals surface area contributed by atoms with Gasteiger partial charge in [-0.3, -0.25) is 14.5 Å². The van der Waals surface area contributed by atoms with Crippen LogP contribution >= 0.6 is 11.3 Å². The Bertz CT molecular complexity index is 819. The first-order valence-corrected chi connectivity index (χ1v) is 11.0. The molecule has 0 aliphatic carbocycles. The first-order chi connectivity index (χ1) is 13.7. The molecule has 7 heteroatoms. The first-order valence-electron chi connectivity index (χ1n) is 10.2. The Labute approximate surface area is 169 Å². The lowest BCUT2D eigenvalue weighted by molar-refractivity contribution is -0.151. The summed E-state index contributed by atoms with van der Waals surface area (Å²) in [7, 11) is 0. The third kappa shape index (κ3) is 4.05. The summed E-state index contributed by atoms with van der Waals surface area (Å²) in [5.74, 6) is -0.244. The maximum atomic E-state index is 12.9. The maximum Gasteiger partial charge on any atom is 0.310 e. The number of aromatic nitrogens is 1. The van der Waals surface area contributed by atoms with E-state index in [-0.39, 0.29) is 23.8 Å². The Hall–Kier alpha value is -1.99. The third-order valence-electron chi connectivity index (χ3n) is 5.69. The van der Waals surface area contributed by atoms with E-state index in [0.29, 0.717) is 19.7 Å². The standard InChI is InChI=1S/C21H27N3O3S/c1-2-27-21(26)15-7-5-12-24(13-15)19(25)14-23-11-6-9-17(23)20-22-16-8-3-4-10-18(16)28-20/h3-4,8,10,15,17H,2,5-7,9,11-14H2,1H3. The van der Waals surface area contributed by atoms with Crippen molar-refractivity contribution in [2.75, 3.05) is 32.8 Å². The second-order valence-corrected chi connectivity index (χ2v) is 8.64. The summed E-state index contributed by atoms with van der Waals surface area (Å²) < 4.78 is 6.35. The molecule has 1 aromatic carbocycles. The van der Waals surface area contributed by atoms with Gasteiger partial charge in [0.25, 0.3) is 0 Å². The van der Waals surface area contributed by atoms with Crippen molar-refractivity contribution in [3.05, 3.63) is 29.3 Å². The molecule has 2 atom stereocenters. The van der Waals surface area contributed by atoms with Gasteiger partial charge in [0.05, 0.1) is 35.3 Å². The molecule has 6 nitrogen and oxygen atoms in total. The Balaban J connectivity index is 1.41. The van der Waals surface area contributed by atoms with E-state index in [2.05, 4.69) is 11.0 Å². The molecule has 2 fully saturated rings. The van der Waals surface area contributed by atoms with Crippen molar-refractivity contribution in [1.29, 1.82) is 0 Å². The van der Waals surface area contributed by atoms with E-state index in [4.69, 9.17) is 9.72 Å². The number of benzene rings is 1. The van der Waals surface area contributed by atoms with E-state index in [1.165, 1.54) is 4.70 Å². The van der Waals surface area contributed by atoms with Gasteiger partial charge >= 0.3 is 5.97 Å². The van der Waals surface area contributed by atoms with Crippen molar-refractivity contribution < 1.29 is 14.3 Å². The molecular weight excluding hydrogens is 374 g/mol. The van der Waals surface area contributed by atoms with Crippen LogP contribution in [-0.4, -0.2) is 59.4 Å². The van der Waals surface area contributed by atoms with Crippen LogP contribution in [0, 0.1) is 5.92 Å². The zero-order valence-corrected chi connectivity index (χ0v) is 17.1. The maximum absolute atomic E-state index is 12.9. The van der Waals surface area contributed by atoms with Crippen LogP contribution in [0.3, 0.4) is 0 Å². The molecule has 2 saturated heterocycles. The number of rotatable bonds is 5. The number of carbonyl (C=O) groups is 2. The smallest absolute Gasteiger partial charge is 0.310 e. The number of thiazole rings is 1. The Morgan fingerprint density at radius 2 is 2.04 bits per heavy atom. The van der Waals surface area contributed by atoms with Crippen LogP contribution in [0.2, 0.25) is 0 Å². The van der Waals surface area contributed by atoms with Crippen molar-refractivity contribution in [1.82, 2.24) is 14.8 Å². The minimum atomic E-state index is -0.184. The molecule has 2 aromatic rings. The van der Waals surface area contributed by atoms with Gasteiger partial charge in [-0.2, -0.15) is 0 Å². The number of ether oxygens (including phenoxy) is 1. The molecular formula is C21H27N3O3S. The number of esters is 1. The SMILES string of the molecule is CCOC(=O)C1CCCN(C(=O)CN2CCCC2c2nc3ccccc3s2)C1. The third-order valence-corrected chi connectivity index (χ3v) is 6.83. The zero-order chi connectivity index (χ0) is 19.5. The summed E-state index contributed by atoms with van der Waals surface area (Å²) in [5, 5.41) is 1.11. The number of likely N-dealkylation sites (tertiary alicyclic amines) is 2. The lowest BCUT2D eigenvalue weighted by Crippen LogP contribution is -2.46. The van der Waals surface area contributed by atoms with Crippen LogP contribution in [0.15, 0.2) is 24.3 Å². The predicted molar refractivity (Wildman–Crippen MR) is 109 cm³/mol. The molecule has 0 bridgehead atoms. The zero-order valence-electron chi connectivity index (χ0n) is 16.3. The van der Waals surface area contributed by atoms with E-state index >= 15 is 0 Å². The normalized spacial score (nSPS) is 23.2. The summed E-state index contributed by atoms with van der Waals surface area (Å²) in [4.78, 5) is 33.9. The number of nitrogens with zero attached hydrogens (tertiary/aromatic N) is 3. The summed E-state index contributed by atoms with van der Waals surface area (Å²) in [6.07, 6.45) is 3.79. The molecule has 4 rings (SSSR count). The molecule has 2 unspecified atom stereocenters. The highest BCUT2D eigenvalue weighted by Gasteiger charge is 2.34. The largest absolute Gasteiger partial charge is 0.466 e. The number of para-hydroxylation sites is 1. The number of carbonyl (C=O) groups excluding carboxylic acids is 2. The number of amides is 1. The lowest BCUT2D eigenvalue weighted by Gasteiger charge is -2.33. The Morgan fingerprint density at radius 1 is 1.21 bits per heavy atom. The average Bonchev–Trinajstić information content (AvgIpc) is 3.34. The molecule has 0 spiro atoms. The van der Waals surface area contributed by atoms with Crippen LogP contribution in [0.1, 0.15) is 43.7 Å². The molecule has 0 radical (unpaired) electrons. The fourth-order valence-electron chi connectivity index (χ4n) is 4.26. The molecule has 150 valence electrons. The molecule has 1 amide bonds. The van der Waals surface area contributed by atoms with Crippen LogP contribution in [0.4, 0.5) is 0 Å². The van der Waals surface area contributed by atoms with Crippen molar-refractivity contribution in [3.8, 4) is 0 Å². The molecule has 0 N–H and O–H groups in total. The monoisotopic (exact) mass is 401 g/mol. The fourth-order valence-corrected chi connectivity index (χ4v) is 5.39. The quantitative estimate of drug-likeness (QED) is 0.720. The molecule has 1 aromatic heterocycles. The summed E-state index contributed by atoms with van der Waals surface area (Å²) >= 11 is 1.73. The molecule has 28 heavy (non-hydrogen) atoms. The van der Waals surface area contributed by atoms with Crippen LogP contribution in [0.5, 0.6) is 0 Å². The predicted octanol–water partition coefficient (Wildman–Crippen LogP) is 3.23. The number of hydrogen-bond donors (Lipinski definition) is 0. The molecule has 3 heterocycles. The molecule has 2 aliphatic heterocycles. The topological polar surface area (TPSA) is 62.7 Å². The van der Waals surface area contributed by atoms with Crippen molar-refractivity contribution in [2.45, 2.75) is 38.6 Å². The van der Waals surface area contributed by atoms with Crippen molar-refractivity contribution >= 4 is 33.4 Å². The highest BCUT2D eigenvalue weighted by molar-refractivity contribution is 7.18. The van der Waals surface area contributed by atoms with Gasteiger partial charge in [-0.05, 0) is 51.3 Å². The highest BCUT2D eigenvalue weighted by Crippen LogP contribution is 2.36. The summed E-state index contributed by atoms with van der Waals surface area (Å²) in [5.41, 5.74) is 1.04. The van der Waals surface area contributed by atoms with Crippen LogP contribution in [0.25, 0.3) is 10.2 Å². The molecule has 2 aliphatic rings. The first kappa shape index (κ1) is 19.3. The number of piperidine rings is 1. The van der Waals surface area contributed by atoms with Gasteiger partial charge in [-0.25, -0.2) is 4.98 Å². The van der Waals surface area contributed by atoms with Crippen molar-refractivity contribution in [3.63, 3.8) is 0 Å². The van der Waals surface area contributed by atoms with Gasteiger partial charge in [0.15, 0.2) is 0 Å². The van der Waals surface area contributed by atoms with Crippen LogP contribution < -0.4 is 0 Å². The van der Waals surface area contributed by atoms with Gasteiger partial charge < -0.3 is 9.64 Å². The number of hydrogen-bond acceptors (Lipinski definition) is 6. The Kier molecular flexibility index (Phi) is 5.92. The summed E-state index contributed by atoms with van der Waals surface area (Å²) in [6, 6.07) is 8.41. The summed E-state index contributed by atoms with van der Waals surface area (Å²) in [6.45, 7) is 4.74. The highest BCUT2D eigenvalue weighted by atomic mass is 32.1. The van der Waals surface area contributed by atoms with Crippen LogP contribution in [-0.2, 0) is 14.3 Å². The van der Waals surface area contributed by atoms with E-state index in [1.54, 1.807) is 11.3 Å². The van der Waals surface area contributed by atoms with E-state index in [9.17, 15) is 9.59 Å². The van der Waals surface area contributed by atoms with E-state index in [1.807, 2.05) is 30.0 Å². The van der Waals surface area contributed by atoms with Gasteiger partial charge in [0, 0.05) is 13.1 Å². The lowest BCUT2D eigenvalue weighted by atomic mass is 9.98. The molecule has 0 saturated carbocycles. The van der Waals surface area contributed by atoms with Gasteiger partial charge in [0.1, 0.15) is 5.01 Å². The van der Waals surface area contributed by atoms with Crippen molar-refractivity contribution in [2.24, 2.45) is 5.92 Å². The number of fused-ring (bicyclic) bond motifs is 1. The fraction of sp³-hybridized carbons (Fsp3) is 0.571. The van der Waals surface area contributed by atoms with E-state index < -0.39 is 0 Å². The van der Waals surface area contributed by atoms with Gasteiger partial charge in [-0.15, -0.1) is 11.3 Å². The van der Waals surface area contributed by atoms with Gasteiger partial charge in [0.2, 0.25) is 5.91 Å². The Morgan fingerprint density at radius 3 is 2.86 bits per heavy atom. The van der Waals surface area contributed by atoms with E-state index in [0.717, 1.165) is 49.3 Å². The second kappa shape index (κ2) is 8.57.